The van der Waals surface area contributed by atoms with Crippen LogP contribution in [0.4, 0.5) is 0 Å². The summed E-state index contributed by atoms with van der Waals surface area (Å²) in [4.78, 5) is 6.36. The quantitative estimate of drug-likeness (QED) is 0.622. The van der Waals surface area contributed by atoms with Crippen LogP contribution in [0.25, 0.3) is 0 Å². The highest BCUT2D eigenvalue weighted by molar-refractivity contribution is 5.03. The smallest absolute Gasteiger partial charge is 0.291 e. The Balaban J connectivity index is 2.61. The van der Waals surface area contributed by atoms with Crippen molar-refractivity contribution in [3.05, 3.63) is 11.9 Å². The zero-order chi connectivity index (χ0) is 6.69. The topological polar surface area (TPSA) is 48.9 Å². The van der Waals surface area contributed by atoms with Gasteiger partial charge in [0.15, 0.2) is 0 Å². The molecule has 0 bridgehead atoms. The molecule has 0 amide bonds. The Bertz CT molecular complexity index is 183. The van der Waals surface area contributed by atoms with Gasteiger partial charge in [0.2, 0.25) is 0 Å². The van der Waals surface area contributed by atoms with E-state index in [1.54, 1.807) is 6.20 Å². The van der Waals surface area contributed by atoms with E-state index >= 15 is 0 Å². The summed E-state index contributed by atoms with van der Waals surface area (Å²) in [5, 5.41) is 8.71. The number of aromatic amines is 1. The highest BCUT2D eigenvalue weighted by Crippen LogP contribution is 2.03. The van der Waals surface area contributed by atoms with Crippen LogP contribution in [0.3, 0.4) is 0 Å². The third-order valence-corrected chi connectivity index (χ3v) is 1.13. The van der Waals surface area contributed by atoms with E-state index < -0.39 is 0 Å². The van der Waals surface area contributed by atoms with E-state index in [0.29, 0.717) is 0 Å². The van der Waals surface area contributed by atoms with Crippen molar-refractivity contribution in [2.45, 2.75) is 19.8 Å². The number of nitrogens with zero attached hydrogens (tertiary/aromatic N) is 1. The van der Waals surface area contributed by atoms with Gasteiger partial charge in [0.25, 0.3) is 6.01 Å². The van der Waals surface area contributed by atoms with Gasteiger partial charge >= 0.3 is 0 Å². The van der Waals surface area contributed by atoms with Crippen LogP contribution < -0.4 is 0 Å². The lowest BCUT2D eigenvalue weighted by Crippen LogP contribution is -1.79. The SMILES string of the molecule is CCCc1cnc(O)[nH]1. The first-order valence-electron chi connectivity index (χ1n) is 3.05. The Kier molecular flexibility index (Phi) is 1.72. The number of aromatic nitrogens is 2. The van der Waals surface area contributed by atoms with Crippen molar-refractivity contribution in [3.8, 4) is 6.01 Å². The van der Waals surface area contributed by atoms with Crippen molar-refractivity contribution < 1.29 is 5.11 Å². The number of H-pyrrole nitrogens is 1. The zero-order valence-electron chi connectivity index (χ0n) is 5.39. The van der Waals surface area contributed by atoms with Crippen LogP contribution in [0, 0.1) is 0 Å². The molecule has 1 aromatic rings. The van der Waals surface area contributed by atoms with E-state index in [-0.39, 0.29) is 6.01 Å². The van der Waals surface area contributed by atoms with Gasteiger partial charge in [0.1, 0.15) is 0 Å². The molecule has 0 aromatic carbocycles. The fraction of sp³-hybridized carbons (Fsp3) is 0.500. The van der Waals surface area contributed by atoms with Gasteiger partial charge in [0, 0.05) is 5.69 Å². The van der Waals surface area contributed by atoms with E-state index in [2.05, 4.69) is 16.9 Å². The summed E-state index contributed by atoms with van der Waals surface area (Å²) in [5.74, 6) is 0. The average molecular weight is 126 g/mol. The molecule has 0 radical (unpaired) electrons. The van der Waals surface area contributed by atoms with Crippen molar-refractivity contribution >= 4 is 0 Å². The summed E-state index contributed by atoms with van der Waals surface area (Å²) in [7, 11) is 0. The molecule has 0 aliphatic heterocycles. The molecule has 0 atom stereocenters. The van der Waals surface area contributed by atoms with E-state index in [1.165, 1.54) is 0 Å². The number of aromatic hydroxyl groups is 1. The molecule has 0 aliphatic rings. The third kappa shape index (κ3) is 1.45. The second-order valence-corrected chi connectivity index (χ2v) is 1.98. The molecule has 1 heterocycles. The molecular weight excluding hydrogens is 116 g/mol. The monoisotopic (exact) mass is 126 g/mol. The maximum Gasteiger partial charge on any atom is 0.291 e. The minimum absolute atomic E-state index is 0.0125. The Morgan fingerprint density at radius 2 is 2.56 bits per heavy atom. The lowest BCUT2D eigenvalue weighted by Gasteiger charge is -1.86. The lowest BCUT2D eigenvalue weighted by molar-refractivity contribution is 0.435. The molecule has 2 N–H and O–H groups in total. The first kappa shape index (κ1) is 6.13. The predicted molar refractivity (Wildman–Crippen MR) is 34.2 cm³/mol. The number of imidazole rings is 1. The maximum absolute atomic E-state index is 8.71. The number of nitrogens with one attached hydrogen (secondary N) is 1. The number of rotatable bonds is 2. The van der Waals surface area contributed by atoms with Gasteiger partial charge in [-0.25, -0.2) is 4.98 Å². The van der Waals surface area contributed by atoms with Crippen LogP contribution >= 0.6 is 0 Å². The summed E-state index contributed by atoms with van der Waals surface area (Å²) in [6, 6.07) is 0.0125. The number of aryl methyl sites for hydroxylation is 1. The predicted octanol–water partition coefficient (Wildman–Crippen LogP) is 1.07. The molecule has 0 saturated heterocycles. The Labute approximate surface area is 53.7 Å². The number of hydrogen-bond acceptors (Lipinski definition) is 2. The molecule has 9 heavy (non-hydrogen) atoms. The highest BCUT2D eigenvalue weighted by Gasteiger charge is 1.94. The van der Waals surface area contributed by atoms with Crippen LogP contribution in [0.1, 0.15) is 19.0 Å². The Morgan fingerprint density at radius 3 is 3.00 bits per heavy atom. The Hall–Kier alpha value is -0.990. The van der Waals surface area contributed by atoms with Crippen LogP contribution in [-0.2, 0) is 6.42 Å². The minimum Gasteiger partial charge on any atom is -0.480 e. The van der Waals surface area contributed by atoms with Gasteiger partial charge in [-0.3, -0.25) is 0 Å². The molecule has 0 aliphatic carbocycles. The van der Waals surface area contributed by atoms with Gasteiger partial charge in [-0.05, 0) is 6.42 Å². The molecule has 0 saturated carbocycles. The summed E-state index contributed by atoms with van der Waals surface area (Å²) < 4.78 is 0. The lowest BCUT2D eigenvalue weighted by atomic mass is 10.3. The average Bonchev–Trinajstić information content (AvgIpc) is 2.17. The summed E-state index contributed by atoms with van der Waals surface area (Å²) in [5.41, 5.74) is 0.995. The molecule has 1 rings (SSSR count). The summed E-state index contributed by atoms with van der Waals surface area (Å²) in [6.45, 7) is 2.08. The van der Waals surface area contributed by atoms with E-state index in [9.17, 15) is 0 Å². The van der Waals surface area contributed by atoms with Crippen LogP contribution in [0.5, 0.6) is 6.01 Å². The fourth-order valence-corrected chi connectivity index (χ4v) is 0.744. The molecule has 1 aromatic heterocycles. The highest BCUT2D eigenvalue weighted by atomic mass is 16.3. The molecule has 0 unspecified atom stereocenters. The van der Waals surface area contributed by atoms with E-state index in [4.69, 9.17) is 5.11 Å². The molecule has 0 fully saturated rings. The zero-order valence-corrected chi connectivity index (χ0v) is 5.39. The summed E-state index contributed by atoms with van der Waals surface area (Å²) in [6.07, 6.45) is 3.67. The second kappa shape index (κ2) is 2.53. The number of hydrogen-bond donors (Lipinski definition) is 2. The van der Waals surface area contributed by atoms with Crippen molar-refractivity contribution in [1.29, 1.82) is 0 Å². The van der Waals surface area contributed by atoms with E-state index in [1.807, 2.05) is 0 Å². The van der Waals surface area contributed by atoms with Gasteiger partial charge in [-0.1, -0.05) is 13.3 Å². The van der Waals surface area contributed by atoms with Crippen molar-refractivity contribution in [3.63, 3.8) is 0 Å². The second-order valence-electron chi connectivity index (χ2n) is 1.98. The van der Waals surface area contributed by atoms with Crippen LogP contribution in [0.15, 0.2) is 6.20 Å². The van der Waals surface area contributed by atoms with Gasteiger partial charge < -0.3 is 10.1 Å². The first-order valence-corrected chi connectivity index (χ1v) is 3.05. The molecule has 0 spiro atoms. The van der Waals surface area contributed by atoms with Gasteiger partial charge in [-0.15, -0.1) is 0 Å². The standard InChI is InChI=1S/C6H10N2O/c1-2-3-5-4-7-6(9)8-5/h4H,2-3H2,1H3,(H2,7,8,9). The van der Waals surface area contributed by atoms with Crippen LogP contribution in [-0.4, -0.2) is 15.1 Å². The minimum atomic E-state index is 0.0125. The summed E-state index contributed by atoms with van der Waals surface area (Å²) >= 11 is 0. The van der Waals surface area contributed by atoms with Crippen molar-refractivity contribution in [2.75, 3.05) is 0 Å². The molecular formula is C6H10N2O. The first-order chi connectivity index (χ1) is 4.33. The van der Waals surface area contributed by atoms with E-state index in [0.717, 1.165) is 18.5 Å². The molecule has 3 nitrogen and oxygen atoms in total. The fourth-order valence-electron chi connectivity index (χ4n) is 0.744. The van der Waals surface area contributed by atoms with Gasteiger partial charge in [-0.2, -0.15) is 0 Å². The third-order valence-electron chi connectivity index (χ3n) is 1.13. The normalized spacial score (nSPS) is 9.89. The maximum atomic E-state index is 8.71. The van der Waals surface area contributed by atoms with Crippen molar-refractivity contribution in [2.24, 2.45) is 0 Å². The largest absolute Gasteiger partial charge is 0.480 e. The Morgan fingerprint density at radius 1 is 1.78 bits per heavy atom. The molecule has 50 valence electrons. The molecule has 3 heteroatoms. The van der Waals surface area contributed by atoms with Crippen LogP contribution in [0.2, 0.25) is 0 Å². The van der Waals surface area contributed by atoms with Gasteiger partial charge in [0.05, 0.1) is 6.20 Å². The van der Waals surface area contributed by atoms with Crippen molar-refractivity contribution in [1.82, 2.24) is 9.97 Å².